The highest BCUT2D eigenvalue weighted by Crippen LogP contribution is 2.26. The van der Waals surface area contributed by atoms with Gasteiger partial charge in [-0.05, 0) is 55.0 Å². The third-order valence-electron chi connectivity index (χ3n) is 3.04. The van der Waals surface area contributed by atoms with Gasteiger partial charge in [-0.3, -0.25) is 0 Å². The maximum atomic E-state index is 11.4. The fourth-order valence-electron chi connectivity index (χ4n) is 2.23. The van der Waals surface area contributed by atoms with Crippen molar-refractivity contribution >= 4 is 29.0 Å². The number of carboxylic acids is 1. The summed E-state index contributed by atoms with van der Waals surface area (Å²) in [6.07, 6.45) is 1.78. The monoisotopic (exact) mass is 272 g/mol. The summed E-state index contributed by atoms with van der Waals surface area (Å²) in [5, 5.41) is 11.3. The van der Waals surface area contributed by atoms with Gasteiger partial charge in [0.15, 0.2) is 0 Å². The van der Waals surface area contributed by atoms with Crippen molar-refractivity contribution in [3.63, 3.8) is 0 Å². The van der Waals surface area contributed by atoms with E-state index in [0.717, 1.165) is 21.6 Å². The second-order valence-electron chi connectivity index (χ2n) is 4.65. The molecule has 0 atom stereocenters. The number of aryl methyl sites for hydroxylation is 3. The van der Waals surface area contributed by atoms with Gasteiger partial charge in [-0.2, -0.15) is 0 Å². The highest BCUT2D eigenvalue weighted by atomic mass is 32.1. The lowest BCUT2D eigenvalue weighted by atomic mass is 9.97. The molecule has 2 nitrogen and oxygen atoms in total. The van der Waals surface area contributed by atoms with E-state index in [1.807, 2.05) is 38.3 Å². The fourth-order valence-corrected chi connectivity index (χ4v) is 2.97. The number of rotatable bonds is 3. The van der Waals surface area contributed by atoms with Crippen molar-refractivity contribution < 1.29 is 9.90 Å². The Hall–Kier alpha value is -1.87. The van der Waals surface area contributed by atoms with Gasteiger partial charge >= 0.3 is 5.97 Å². The van der Waals surface area contributed by atoms with E-state index in [-0.39, 0.29) is 0 Å². The van der Waals surface area contributed by atoms with Crippen LogP contribution in [0.3, 0.4) is 0 Å². The van der Waals surface area contributed by atoms with E-state index < -0.39 is 5.97 Å². The van der Waals surface area contributed by atoms with Gasteiger partial charge in [-0.15, -0.1) is 11.3 Å². The van der Waals surface area contributed by atoms with E-state index in [1.54, 1.807) is 6.08 Å². The first-order valence-corrected chi connectivity index (χ1v) is 6.93. The molecule has 1 heterocycles. The van der Waals surface area contributed by atoms with Gasteiger partial charge in [-0.1, -0.05) is 23.8 Å². The molecule has 0 radical (unpaired) electrons. The number of benzene rings is 1. The van der Waals surface area contributed by atoms with Crippen molar-refractivity contribution in [2.45, 2.75) is 20.8 Å². The highest BCUT2D eigenvalue weighted by molar-refractivity contribution is 7.11. The second kappa shape index (κ2) is 5.41. The molecule has 0 aliphatic carbocycles. The van der Waals surface area contributed by atoms with Gasteiger partial charge in [0, 0.05) is 4.88 Å². The zero-order chi connectivity index (χ0) is 14.0. The van der Waals surface area contributed by atoms with Crippen LogP contribution in [-0.4, -0.2) is 11.1 Å². The Morgan fingerprint density at radius 2 is 1.84 bits per heavy atom. The van der Waals surface area contributed by atoms with Gasteiger partial charge in [0.2, 0.25) is 0 Å². The molecule has 98 valence electrons. The normalized spacial score (nSPS) is 11.6. The Kier molecular flexibility index (Phi) is 3.86. The van der Waals surface area contributed by atoms with Crippen LogP contribution in [-0.2, 0) is 4.79 Å². The van der Waals surface area contributed by atoms with Crippen molar-refractivity contribution in [3.8, 4) is 0 Å². The van der Waals surface area contributed by atoms with Crippen LogP contribution in [0.4, 0.5) is 0 Å². The van der Waals surface area contributed by atoms with Crippen molar-refractivity contribution in [3.05, 3.63) is 56.8 Å². The molecule has 3 heteroatoms. The lowest BCUT2D eigenvalue weighted by molar-refractivity contribution is -0.130. The minimum atomic E-state index is -0.887. The largest absolute Gasteiger partial charge is 0.478 e. The summed E-state index contributed by atoms with van der Waals surface area (Å²) < 4.78 is 0. The van der Waals surface area contributed by atoms with E-state index in [9.17, 15) is 9.90 Å². The van der Waals surface area contributed by atoms with Crippen LogP contribution in [0.25, 0.3) is 11.6 Å². The first-order chi connectivity index (χ1) is 8.99. The summed E-state index contributed by atoms with van der Waals surface area (Å²) in [5.41, 5.74) is 4.75. The van der Waals surface area contributed by atoms with Crippen LogP contribution >= 0.6 is 11.3 Å². The second-order valence-corrected chi connectivity index (χ2v) is 5.60. The van der Waals surface area contributed by atoms with E-state index in [2.05, 4.69) is 12.1 Å². The van der Waals surface area contributed by atoms with Crippen LogP contribution in [0.5, 0.6) is 0 Å². The molecule has 0 unspecified atom stereocenters. The Morgan fingerprint density at radius 1 is 1.21 bits per heavy atom. The summed E-state index contributed by atoms with van der Waals surface area (Å²) >= 11 is 1.44. The smallest absolute Gasteiger partial charge is 0.337 e. The molecule has 1 aromatic carbocycles. The molecule has 2 rings (SSSR count). The number of carbonyl (C=O) groups is 1. The number of aliphatic carboxylic acids is 1. The van der Waals surface area contributed by atoms with Crippen molar-refractivity contribution in [2.24, 2.45) is 0 Å². The van der Waals surface area contributed by atoms with E-state index in [1.165, 1.54) is 16.9 Å². The Bertz CT molecular complexity index is 614. The topological polar surface area (TPSA) is 37.3 Å². The molecule has 19 heavy (non-hydrogen) atoms. The van der Waals surface area contributed by atoms with E-state index in [0.29, 0.717) is 5.57 Å². The SMILES string of the molecule is Cc1cc(C)c(/C=C(\C(=O)O)c2cccs2)c(C)c1. The summed E-state index contributed by atoms with van der Waals surface area (Å²) in [6, 6.07) is 7.86. The Morgan fingerprint density at radius 3 is 2.32 bits per heavy atom. The van der Waals surface area contributed by atoms with Crippen molar-refractivity contribution in [1.82, 2.24) is 0 Å². The molecule has 0 bridgehead atoms. The third-order valence-corrected chi connectivity index (χ3v) is 3.95. The highest BCUT2D eigenvalue weighted by Gasteiger charge is 2.13. The Labute approximate surface area is 117 Å². The maximum absolute atomic E-state index is 11.4. The molecule has 0 aliphatic heterocycles. The van der Waals surface area contributed by atoms with Crippen LogP contribution in [0.2, 0.25) is 0 Å². The molecule has 0 fully saturated rings. The minimum Gasteiger partial charge on any atom is -0.478 e. The zero-order valence-electron chi connectivity index (χ0n) is 11.2. The van der Waals surface area contributed by atoms with Crippen LogP contribution < -0.4 is 0 Å². The van der Waals surface area contributed by atoms with E-state index >= 15 is 0 Å². The van der Waals surface area contributed by atoms with Crippen molar-refractivity contribution in [2.75, 3.05) is 0 Å². The fraction of sp³-hybridized carbons (Fsp3) is 0.188. The van der Waals surface area contributed by atoms with Crippen LogP contribution in [0, 0.1) is 20.8 Å². The van der Waals surface area contributed by atoms with Crippen LogP contribution in [0.1, 0.15) is 27.1 Å². The average molecular weight is 272 g/mol. The predicted molar refractivity (Wildman–Crippen MR) is 80.5 cm³/mol. The summed E-state index contributed by atoms with van der Waals surface area (Å²) in [6.45, 7) is 6.07. The number of hydrogen-bond acceptors (Lipinski definition) is 2. The zero-order valence-corrected chi connectivity index (χ0v) is 12.0. The molecule has 0 saturated heterocycles. The number of hydrogen-bond donors (Lipinski definition) is 1. The first kappa shape index (κ1) is 13.6. The molecule has 1 N–H and O–H groups in total. The molecule has 2 aromatic rings. The first-order valence-electron chi connectivity index (χ1n) is 6.05. The van der Waals surface area contributed by atoms with Gasteiger partial charge in [-0.25, -0.2) is 4.79 Å². The minimum absolute atomic E-state index is 0.352. The van der Waals surface area contributed by atoms with Crippen molar-refractivity contribution in [1.29, 1.82) is 0 Å². The molecular formula is C16H16O2S. The average Bonchev–Trinajstić information content (AvgIpc) is 2.80. The number of carboxylic acid groups (broad SMARTS) is 1. The molecule has 0 aliphatic rings. The van der Waals surface area contributed by atoms with Crippen LogP contribution in [0.15, 0.2) is 29.6 Å². The standard InChI is InChI=1S/C16H16O2S/c1-10-7-11(2)13(12(3)8-10)9-14(16(17)18)15-5-4-6-19-15/h4-9H,1-3H3,(H,17,18)/b14-9-. The third kappa shape index (κ3) is 2.93. The number of thiophene rings is 1. The lowest BCUT2D eigenvalue weighted by Gasteiger charge is -2.08. The van der Waals surface area contributed by atoms with Gasteiger partial charge in [0.1, 0.15) is 0 Å². The predicted octanol–water partition coefficient (Wildman–Crippen LogP) is 4.30. The molecule has 0 spiro atoms. The van der Waals surface area contributed by atoms with Gasteiger partial charge < -0.3 is 5.11 Å². The summed E-state index contributed by atoms with van der Waals surface area (Å²) in [5.74, 6) is -0.887. The summed E-state index contributed by atoms with van der Waals surface area (Å²) in [7, 11) is 0. The molecular weight excluding hydrogens is 256 g/mol. The quantitative estimate of drug-likeness (QED) is 0.846. The van der Waals surface area contributed by atoms with Gasteiger partial charge in [0.05, 0.1) is 5.57 Å². The maximum Gasteiger partial charge on any atom is 0.337 e. The van der Waals surface area contributed by atoms with Gasteiger partial charge in [0.25, 0.3) is 0 Å². The Balaban J connectivity index is 2.58. The molecule has 1 aromatic heterocycles. The van der Waals surface area contributed by atoms with E-state index in [4.69, 9.17) is 0 Å². The molecule has 0 saturated carbocycles. The molecule has 0 amide bonds. The lowest BCUT2D eigenvalue weighted by Crippen LogP contribution is -1.99. The summed E-state index contributed by atoms with van der Waals surface area (Å²) in [4.78, 5) is 12.2.